The maximum atomic E-state index is 11.9. The molecule has 0 aromatic carbocycles. The molecule has 1 fully saturated rings. The summed E-state index contributed by atoms with van der Waals surface area (Å²) in [5, 5.41) is 12.8. The summed E-state index contributed by atoms with van der Waals surface area (Å²) in [6.45, 7) is 10.2. The summed E-state index contributed by atoms with van der Waals surface area (Å²) < 4.78 is 5.26. The number of hydrogen-bond acceptors (Lipinski definition) is 4. The summed E-state index contributed by atoms with van der Waals surface area (Å²) in [7, 11) is 0. The van der Waals surface area contributed by atoms with E-state index in [4.69, 9.17) is 4.74 Å². The molecular weight excluding hydrogens is 244 g/mol. The van der Waals surface area contributed by atoms with Gasteiger partial charge in [-0.05, 0) is 5.92 Å². The molecule has 112 valence electrons. The van der Waals surface area contributed by atoms with Crippen LogP contribution in [0.15, 0.2) is 0 Å². The van der Waals surface area contributed by atoms with E-state index in [0.29, 0.717) is 19.0 Å². The molecule has 0 bridgehead atoms. The zero-order chi connectivity index (χ0) is 14.3. The fourth-order valence-corrected chi connectivity index (χ4v) is 2.14. The van der Waals surface area contributed by atoms with Crippen molar-refractivity contribution in [3.8, 4) is 0 Å². The Hall–Kier alpha value is -0.650. The monoisotopic (exact) mass is 272 g/mol. The van der Waals surface area contributed by atoms with Gasteiger partial charge in [-0.3, -0.25) is 9.69 Å². The maximum Gasteiger partial charge on any atom is 0.223 e. The normalized spacial score (nSPS) is 21.7. The van der Waals surface area contributed by atoms with Crippen LogP contribution in [-0.4, -0.2) is 61.4 Å². The van der Waals surface area contributed by atoms with Crippen LogP contribution >= 0.6 is 0 Å². The minimum Gasteiger partial charge on any atom is -0.390 e. The number of morpholine rings is 1. The quantitative estimate of drug-likeness (QED) is 0.707. The second-order valence-electron chi connectivity index (χ2n) is 5.49. The molecule has 0 aromatic heterocycles. The first kappa shape index (κ1) is 16.4. The van der Waals surface area contributed by atoms with E-state index in [9.17, 15) is 9.90 Å². The van der Waals surface area contributed by atoms with Gasteiger partial charge in [-0.15, -0.1) is 0 Å². The second-order valence-corrected chi connectivity index (χ2v) is 5.49. The van der Waals surface area contributed by atoms with Crippen LogP contribution < -0.4 is 5.32 Å². The number of nitrogens with zero attached hydrogens (tertiary/aromatic N) is 1. The van der Waals surface area contributed by atoms with Crippen molar-refractivity contribution >= 4 is 5.91 Å². The van der Waals surface area contributed by atoms with Gasteiger partial charge in [0.05, 0.1) is 19.3 Å². The first-order valence-electron chi connectivity index (χ1n) is 7.30. The number of β-amino-alcohol motifs (C(OH)–C–C–N with tert-alkyl or cyclic N) is 1. The molecule has 0 saturated carbocycles. The number of hydrogen-bond donors (Lipinski definition) is 2. The van der Waals surface area contributed by atoms with Gasteiger partial charge in [0.1, 0.15) is 0 Å². The highest BCUT2D eigenvalue weighted by Crippen LogP contribution is 2.14. The van der Waals surface area contributed by atoms with Gasteiger partial charge in [0.15, 0.2) is 0 Å². The van der Waals surface area contributed by atoms with Crippen LogP contribution in [0, 0.1) is 11.8 Å². The number of carbonyl (C=O) groups is 1. The largest absolute Gasteiger partial charge is 0.390 e. The van der Waals surface area contributed by atoms with Gasteiger partial charge in [-0.25, -0.2) is 0 Å². The Kier molecular flexibility index (Phi) is 7.34. The highest BCUT2D eigenvalue weighted by Gasteiger charge is 2.20. The van der Waals surface area contributed by atoms with Gasteiger partial charge < -0.3 is 15.2 Å². The number of ether oxygens (including phenoxy) is 1. The summed E-state index contributed by atoms with van der Waals surface area (Å²) in [6, 6.07) is 0. The molecule has 0 radical (unpaired) electrons. The smallest absolute Gasteiger partial charge is 0.223 e. The zero-order valence-corrected chi connectivity index (χ0v) is 12.4. The van der Waals surface area contributed by atoms with Crippen LogP contribution in [0.2, 0.25) is 0 Å². The third-order valence-corrected chi connectivity index (χ3v) is 4.00. The van der Waals surface area contributed by atoms with Gasteiger partial charge in [0.2, 0.25) is 5.91 Å². The van der Waals surface area contributed by atoms with Crippen molar-refractivity contribution in [3.05, 3.63) is 0 Å². The van der Waals surface area contributed by atoms with E-state index >= 15 is 0 Å². The lowest BCUT2D eigenvalue weighted by Crippen LogP contribution is -2.45. The molecule has 3 atom stereocenters. The van der Waals surface area contributed by atoms with E-state index in [1.54, 1.807) is 0 Å². The Balaban J connectivity index is 2.21. The Morgan fingerprint density at radius 3 is 2.58 bits per heavy atom. The van der Waals surface area contributed by atoms with E-state index in [0.717, 1.165) is 32.7 Å². The number of aliphatic hydroxyl groups excluding tert-OH is 1. The molecule has 0 aromatic rings. The van der Waals surface area contributed by atoms with Crippen LogP contribution in [0.5, 0.6) is 0 Å². The summed E-state index contributed by atoms with van der Waals surface area (Å²) in [6.07, 6.45) is 0.483. The Bertz CT molecular complexity index is 267. The summed E-state index contributed by atoms with van der Waals surface area (Å²) >= 11 is 0. The molecule has 1 amide bonds. The van der Waals surface area contributed by atoms with Crippen molar-refractivity contribution in [2.75, 3.05) is 39.4 Å². The van der Waals surface area contributed by atoms with Crippen molar-refractivity contribution in [3.63, 3.8) is 0 Å². The molecule has 0 spiro atoms. The molecule has 1 rings (SSSR count). The molecule has 2 N–H and O–H groups in total. The molecule has 0 aliphatic carbocycles. The Morgan fingerprint density at radius 1 is 1.37 bits per heavy atom. The van der Waals surface area contributed by atoms with Gasteiger partial charge in [0, 0.05) is 32.1 Å². The number of rotatable bonds is 7. The lowest BCUT2D eigenvalue weighted by atomic mass is 9.93. The minimum absolute atomic E-state index is 0.000543. The lowest BCUT2D eigenvalue weighted by Gasteiger charge is -2.28. The molecule has 1 heterocycles. The first-order valence-corrected chi connectivity index (χ1v) is 7.30. The van der Waals surface area contributed by atoms with Crippen molar-refractivity contribution < 1.29 is 14.6 Å². The third-order valence-electron chi connectivity index (χ3n) is 4.00. The average Bonchev–Trinajstić information content (AvgIpc) is 2.44. The van der Waals surface area contributed by atoms with Crippen LogP contribution in [0.3, 0.4) is 0 Å². The topological polar surface area (TPSA) is 61.8 Å². The molecule has 3 unspecified atom stereocenters. The predicted molar refractivity (Wildman–Crippen MR) is 74.9 cm³/mol. The van der Waals surface area contributed by atoms with Crippen molar-refractivity contribution in [1.29, 1.82) is 0 Å². The third kappa shape index (κ3) is 5.89. The highest BCUT2D eigenvalue weighted by molar-refractivity contribution is 5.78. The molecule has 1 aliphatic rings. The number of nitrogens with one attached hydrogen (secondary N) is 1. The molecule has 5 heteroatoms. The Labute approximate surface area is 116 Å². The van der Waals surface area contributed by atoms with Crippen molar-refractivity contribution in [2.45, 2.75) is 33.3 Å². The number of amides is 1. The van der Waals surface area contributed by atoms with E-state index in [2.05, 4.69) is 24.1 Å². The number of aliphatic hydroxyl groups is 1. The summed E-state index contributed by atoms with van der Waals surface area (Å²) in [5.74, 6) is 0.410. The van der Waals surface area contributed by atoms with E-state index in [-0.39, 0.29) is 11.8 Å². The number of carbonyl (C=O) groups excluding carboxylic acids is 1. The molecule has 5 nitrogen and oxygen atoms in total. The summed E-state index contributed by atoms with van der Waals surface area (Å²) in [4.78, 5) is 14.0. The SMILES string of the molecule is CCC(C)C(C)C(=O)NCC(O)CN1CCOCC1. The van der Waals surface area contributed by atoms with E-state index in [1.165, 1.54) is 0 Å². The highest BCUT2D eigenvalue weighted by atomic mass is 16.5. The van der Waals surface area contributed by atoms with Gasteiger partial charge in [-0.2, -0.15) is 0 Å². The van der Waals surface area contributed by atoms with E-state index < -0.39 is 6.10 Å². The fraction of sp³-hybridized carbons (Fsp3) is 0.929. The molecular formula is C14H28N2O3. The van der Waals surface area contributed by atoms with Gasteiger partial charge in [0.25, 0.3) is 0 Å². The van der Waals surface area contributed by atoms with Crippen molar-refractivity contribution in [2.24, 2.45) is 11.8 Å². The predicted octanol–water partition coefficient (Wildman–Crippen LogP) is 0.478. The fourth-order valence-electron chi connectivity index (χ4n) is 2.14. The minimum atomic E-state index is -0.508. The van der Waals surface area contributed by atoms with Crippen LogP contribution in [-0.2, 0) is 9.53 Å². The molecule has 1 saturated heterocycles. The maximum absolute atomic E-state index is 11.9. The van der Waals surface area contributed by atoms with Crippen LogP contribution in [0.25, 0.3) is 0 Å². The molecule has 19 heavy (non-hydrogen) atoms. The second kappa shape index (κ2) is 8.51. The standard InChI is InChI=1S/C14H28N2O3/c1-4-11(2)12(3)14(18)15-9-13(17)10-16-5-7-19-8-6-16/h11-13,17H,4-10H2,1-3H3,(H,15,18). The lowest BCUT2D eigenvalue weighted by molar-refractivity contribution is -0.126. The first-order chi connectivity index (χ1) is 9.04. The molecule has 1 aliphatic heterocycles. The van der Waals surface area contributed by atoms with Crippen LogP contribution in [0.1, 0.15) is 27.2 Å². The zero-order valence-electron chi connectivity index (χ0n) is 12.4. The van der Waals surface area contributed by atoms with Gasteiger partial charge in [-0.1, -0.05) is 27.2 Å². The van der Waals surface area contributed by atoms with E-state index in [1.807, 2.05) is 6.92 Å². The summed E-state index contributed by atoms with van der Waals surface area (Å²) in [5.41, 5.74) is 0. The Morgan fingerprint density at radius 2 is 2.00 bits per heavy atom. The van der Waals surface area contributed by atoms with Crippen molar-refractivity contribution in [1.82, 2.24) is 10.2 Å². The van der Waals surface area contributed by atoms with Crippen LogP contribution in [0.4, 0.5) is 0 Å². The van der Waals surface area contributed by atoms with Gasteiger partial charge >= 0.3 is 0 Å². The average molecular weight is 272 g/mol.